The van der Waals surface area contributed by atoms with Gasteiger partial charge < -0.3 is 24.1 Å². The first-order valence-corrected chi connectivity index (χ1v) is 8.01. The molecule has 1 amide bonds. The molecule has 2 heterocycles. The summed E-state index contributed by atoms with van der Waals surface area (Å²) in [6.45, 7) is 0.214. The lowest BCUT2D eigenvalue weighted by Gasteiger charge is -2.05. The minimum atomic E-state index is -0.180. The lowest BCUT2D eigenvalue weighted by Crippen LogP contribution is -2.14. The summed E-state index contributed by atoms with van der Waals surface area (Å²) >= 11 is 0. The summed E-state index contributed by atoms with van der Waals surface area (Å²) in [5, 5.41) is 6.78. The Bertz CT molecular complexity index is 933. The predicted octanol–water partition coefficient (Wildman–Crippen LogP) is 3.26. The molecular weight excluding hydrogens is 336 g/mol. The van der Waals surface area contributed by atoms with Crippen molar-refractivity contribution < 1.29 is 23.5 Å². The van der Waals surface area contributed by atoms with Crippen LogP contribution in [0.1, 0.15) is 5.69 Å². The van der Waals surface area contributed by atoms with E-state index in [0.29, 0.717) is 28.6 Å². The molecule has 0 bridgehead atoms. The number of rotatable bonds is 5. The molecule has 1 aliphatic heterocycles. The standard InChI is InChI=1S/C19H16N2O5/c1-23-15-5-3-13(4-6-15)20-19(22)10-14-9-17(26-21-14)12-2-7-16-18(8-12)25-11-24-16/h2-9H,10-11H2,1H3,(H,20,22). The van der Waals surface area contributed by atoms with Gasteiger partial charge in [0.25, 0.3) is 0 Å². The zero-order valence-corrected chi connectivity index (χ0v) is 14.0. The zero-order chi connectivity index (χ0) is 17.9. The van der Waals surface area contributed by atoms with Crippen molar-refractivity contribution in [1.82, 2.24) is 5.16 Å². The molecule has 7 heteroatoms. The highest BCUT2D eigenvalue weighted by Gasteiger charge is 2.16. The van der Waals surface area contributed by atoms with Crippen LogP contribution in [0, 0.1) is 0 Å². The first kappa shape index (κ1) is 16.0. The maximum Gasteiger partial charge on any atom is 0.231 e. The Hall–Kier alpha value is -3.48. The summed E-state index contributed by atoms with van der Waals surface area (Å²) in [4.78, 5) is 12.2. The van der Waals surface area contributed by atoms with Crippen molar-refractivity contribution in [3.8, 4) is 28.6 Å². The fourth-order valence-electron chi connectivity index (χ4n) is 2.63. The lowest BCUT2D eigenvalue weighted by atomic mass is 10.1. The Morgan fingerprint density at radius 3 is 2.73 bits per heavy atom. The first-order valence-electron chi connectivity index (χ1n) is 8.01. The van der Waals surface area contributed by atoms with Crippen LogP contribution in [0.25, 0.3) is 11.3 Å². The number of fused-ring (bicyclic) bond motifs is 1. The lowest BCUT2D eigenvalue weighted by molar-refractivity contribution is -0.115. The van der Waals surface area contributed by atoms with E-state index in [4.69, 9.17) is 18.7 Å². The van der Waals surface area contributed by atoms with Crippen LogP contribution >= 0.6 is 0 Å². The van der Waals surface area contributed by atoms with Crippen LogP contribution < -0.4 is 19.5 Å². The molecule has 26 heavy (non-hydrogen) atoms. The molecule has 0 saturated heterocycles. The average molecular weight is 352 g/mol. The summed E-state index contributed by atoms with van der Waals surface area (Å²) in [6.07, 6.45) is 0.111. The number of benzene rings is 2. The van der Waals surface area contributed by atoms with Gasteiger partial charge >= 0.3 is 0 Å². The van der Waals surface area contributed by atoms with Crippen molar-refractivity contribution in [1.29, 1.82) is 0 Å². The third kappa shape index (κ3) is 3.32. The maximum absolute atomic E-state index is 12.2. The van der Waals surface area contributed by atoms with E-state index in [1.54, 1.807) is 37.4 Å². The topological polar surface area (TPSA) is 82.8 Å². The number of carbonyl (C=O) groups is 1. The molecule has 1 aromatic heterocycles. The van der Waals surface area contributed by atoms with Crippen LogP contribution in [0.5, 0.6) is 17.2 Å². The van der Waals surface area contributed by atoms with Gasteiger partial charge in [0, 0.05) is 17.3 Å². The van der Waals surface area contributed by atoms with E-state index >= 15 is 0 Å². The van der Waals surface area contributed by atoms with E-state index in [1.165, 1.54) is 0 Å². The number of methoxy groups -OCH3 is 1. The van der Waals surface area contributed by atoms with Crippen LogP contribution in [-0.2, 0) is 11.2 Å². The van der Waals surface area contributed by atoms with E-state index < -0.39 is 0 Å². The third-order valence-electron chi connectivity index (χ3n) is 3.93. The SMILES string of the molecule is COc1ccc(NC(=O)Cc2cc(-c3ccc4c(c3)OCO4)on2)cc1. The highest BCUT2D eigenvalue weighted by molar-refractivity contribution is 5.92. The smallest absolute Gasteiger partial charge is 0.231 e. The molecule has 1 N–H and O–H groups in total. The summed E-state index contributed by atoms with van der Waals surface area (Å²) in [5.74, 6) is 2.48. The molecule has 0 fully saturated rings. The Morgan fingerprint density at radius 1 is 1.12 bits per heavy atom. The van der Waals surface area contributed by atoms with E-state index in [0.717, 1.165) is 11.3 Å². The number of carbonyl (C=O) groups excluding carboxylic acids is 1. The monoisotopic (exact) mass is 352 g/mol. The molecule has 0 radical (unpaired) electrons. The average Bonchev–Trinajstić information content (AvgIpc) is 3.30. The van der Waals surface area contributed by atoms with Gasteiger partial charge in [-0.2, -0.15) is 0 Å². The van der Waals surface area contributed by atoms with Crippen LogP contribution in [0.3, 0.4) is 0 Å². The number of nitrogens with one attached hydrogen (secondary N) is 1. The summed E-state index contributed by atoms with van der Waals surface area (Å²) in [7, 11) is 1.59. The van der Waals surface area contributed by atoms with Crippen molar-refractivity contribution in [2.24, 2.45) is 0 Å². The summed E-state index contributed by atoms with van der Waals surface area (Å²) in [6, 6.07) is 14.3. The quantitative estimate of drug-likeness (QED) is 0.759. The Labute approximate surface area is 149 Å². The van der Waals surface area contributed by atoms with Gasteiger partial charge in [-0.05, 0) is 42.5 Å². The number of hydrogen-bond donors (Lipinski definition) is 1. The van der Waals surface area contributed by atoms with Gasteiger partial charge in [0.15, 0.2) is 17.3 Å². The molecule has 2 aromatic carbocycles. The number of ether oxygens (including phenoxy) is 3. The van der Waals surface area contributed by atoms with Gasteiger partial charge in [-0.3, -0.25) is 4.79 Å². The third-order valence-corrected chi connectivity index (χ3v) is 3.93. The Morgan fingerprint density at radius 2 is 1.92 bits per heavy atom. The van der Waals surface area contributed by atoms with E-state index in [9.17, 15) is 4.79 Å². The van der Waals surface area contributed by atoms with Gasteiger partial charge in [0.2, 0.25) is 12.7 Å². The van der Waals surface area contributed by atoms with Gasteiger partial charge in [0.1, 0.15) is 5.75 Å². The number of aromatic nitrogens is 1. The molecule has 0 unspecified atom stereocenters. The molecule has 0 spiro atoms. The minimum Gasteiger partial charge on any atom is -0.497 e. The second-order valence-electron chi connectivity index (χ2n) is 5.70. The van der Waals surface area contributed by atoms with Crippen LogP contribution in [0.15, 0.2) is 53.1 Å². The Kier molecular flexibility index (Phi) is 4.18. The highest BCUT2D eigenvalue weighted by atomic mass is 16.7. The van der Waals surface area contributed by atoms with Gasteiger partial charge in [-0.25, -0.2) is 0 Å². The van der Waals surface area contributed by atoms with E-state index in [-0.39, 0.29) is 19.1 Å². The maximum atomic E-state index is 12.2. The zero-order valence-electron chi connectivity index (χ0n) is 14.0. The van der Waals surface area contributed by atoms with Crippen molar-refractivity contribution in [3.05, 3.63) is 54.2 Å². The van der Waals surface area contributed by atoms with Crippen LogP contribution in [0.2, 0.25) is 0 Å². The van der Waals surface area contributed by atoms with Crippen LogP contribution in [-0.4, -0.2) is 25.0 Å². The second kappa shape index (κ2) is 6.79. The molecule has 0 aliphatic carbocycles. The normalized spacial score (nSPS) is 12.0. The molecule has 3 aromatic rings. The predicted molar refractivity (Wildman–Crippen MR) is 93.4 cm³/mol. The van der Waals surface area contributed by atoms with Crippen molar-refractivity contribution in [3.63, 3.8) is 0 Å². The minimum absolute atomic E-state index is 0.111. The number of nitrogens with zero attached hydrogens (tertiary/aromatic N) is 1. The number of anilines is 1. The number of hydrogen-bond acceptors (Lipinski definition) is 6. The van der Waals surface area contributed by atoms with Gasteiger partial charge in [-0.15, -0.1) is 0 Å². The Balaban J connectivity index is 1.42. The number of amides is 1. The van der Waals surface area contributed by atoms with E-state index in [1.807, 2.05) is 18.2 Å². The fraction of sp³-hybridized carbons (Fsp3) is 0.158. The van der Waals surface area contributed by atoms with Gasteiger partial charge in [0.05, 0.1) is 19.2 Å². The molecular formula is C19H16N2O5. The van der Waals surface area contributed by atoms with Gasteiger partial charge in [-0.1, -0.05) is 5.16 Å². The second-order valence-corrected chi connectivity index (χ2v) is 5.70. The van der Waals surface area contributed by atoms with E-state index in [2.05, 4.69) is 10.5 Å². The first-order chi connectivity index (χ1) is 12.7. The molecule has 7 nitrogen and oxygen atoms in total. The molecule has 1 aliphatic rings. The fourth-order valence-corrected chi connectivity index (χ4v) is 2.63. The van der Waals surface area contributed by atoms with Crippen molar-refractivity contribution >= 4 is 11.6 Å². The highest BCUT2D eigenvalue weighted by Crippen LogP contribution is 2.36. The molecule has 0 saturated carbocycles. The summed E-state index contributed by atoms with van der Waals surface area (Å²) < 4.78 is 21.1. The van der Waals surface area contributed by atoms with Crippen molar-refractivity contribution in [2.75, 3.05) is 19.2 Å². The molecule has 0 atom stereocenters. The molecule has 4 rings (SSSR count). The largest absolute Gasteiger partial charge is 0.497 e. The summed E-state index contributed by atoms with van der Waals surface area (Å²) in [5.41, 5.74) is 2.04. The molecule has 132 valence electrons. The van der Waals surface area contributed by atoms with Crippen molar-refractivity contribution in [2.45, 2.75) is 6.42 Å². The van der Waals surface area contributed by atoms with Crippen LogP contribution in [0.4, 0.5) is 5.69 Å².